The lowest BCUT2D eigenvalue weighted by molar-refractivity contribution is -0.119. The van der Waals surface area contributed by atoms with Gasteiger partial charge in [0.25, 0.3) is 5.56 Å². The first-order valence-electron chi connectivity index (χ1n) is 10.4. The molecule has 0 saturated heterocycles. The van der Waals surface area contributed by atoms with Crippen LogP contribution < -0.4 is 10.9 Å². The Morgan fingerprint density at radius 2 is 1.69 bits per heavy atom. The third-order valence-corrected chi connectivity index (χ3v) is 6.04. The molecule has 4 rings (SSSR count). The zero-order chi connectivity index (χ0) is 22.5. The standard InChI is InChI=1S/C25H24N4O2S/c1-17(2)22(18-10-5-3-6-11-18)27-21(30)16-32-25-28-23-20(14-9-15-26-23)24(31)29(25)19-12-7-4-8-13-19/h3-15,17,22H,16H2,1-2H3,(H,27,30)/t22-/m0/s1. The van der Waals surface area contributed by atoms with Crippen molar-refractivity contribution >= 4 is 28.7 Å². The largest absolute Gasteiger partial charge is 0.348 e. The number of para-hydroxylation sites is 1. The van der Waals surface area contributed by atoms with Gasteiger partial charge in [0.2, 0.25) is 5.91 Å². The number of fused-ring (bicyclic) bond motifs is 1. The van der Waals surface area contributed by atoms with E-state index in [9.17, 15) is 9.59 Å². The lowest BCUT2D eigenvalue weighted by atomic mass is 9.96. The molecule has 2 aromatic heterocycles. The normalized spacial score (nSPS) is 12.1. The molecule has 162 valence electrons. The molecule has 0 fully saturated rings. The second-order valence-electron chi connectivity index (χ2n) is 7.73. The van der Waals surface area contributed by atoms with Gasteiger partial charge in [-0.2, -0.15) is 0 Å². The maximum Gasteiger partial charge on any atom is 0.268 e. The van der Waals surface area contributed by atoms with Crippen LogP contribution in [-0.2, 0) is 4.79 Å². The summed E-state index contributed by atoms with van der Waals surface area (Å²) in [5.41, 5.74) is 1.93. The molecule has 7 heteroatoms. The molecule has 0 aliphatic carbocycles. The number of thioether (sulfide) groups is 1. The molecule has 0 spiro atoms. The number of hydrogen-bond acceptors (Lipinski definition) is 5. The molecule has 4 aromatic rings. The van der Waals surface area contributed by atoms with Crippen LogP contribution >= 0.6 is 11.8 Å². The summed E-state index contributed by atoms with van der Waals surface area (Å²) in [7, 11) is 0. The van der Waals surface area contributed by atoms with Crippen LogP contribution in [-0.4, -0.2) is 26.2 Å². The van der Waals surface area contributed by atoms with Gasteiger partial charge < -0.3 is 5.32 Å². The van der Waals surface area contributed by atoms with Crippen molar-refractivity contribution in [3.63, 3.8) is 0 Å². The minimum absolute atomic E-state index is 0.0909. The highest BCUT2D eigenvalue weighted by atomic mass is 32.2. The number of rotatable bonds is 7. The van der Waals surface area contributed by atoms with Crippen LogP contribution in [0.3, 0.4) is 0 Å². The Morgan fingerprint density at radius 3 is 2.38 bits per heavy atom. The van der Waals surface area contributed by atoms with Gasteiger partial charge in [-0.1, -0.05) is 74.1 Å². The van der Waals surface area contributed by atoms with Gasteiger partial charge in [0.05, 0.1) is 22.9 Å². The first-order valence-corrected chi connectivity index (χ1v) is 11.4. The zero-order valence-electron chi connectivity index (χ0n) is 17.9. The third-order valence-electron chi connectivity index (χ3n) is 5.10. The second kappa shape index (κ2) is 9.78. The van der Waals surface area contributed by atoms with Crippen LogP contribution in [0.4, 0.5) is 0 Å². The predicted molar refractivity (Wildman–Crippen MR) is 128 cm³/mol. The molecule has 0 bridgehead atoms. The summed E-state index contributed by atoms with van der Waals surface area (Å²) in [4.78, 5) is 34.9. The average Bonchev–Trinajstić information content (AvgIpc) is 2.82. The summed E-state index contributed by atoms with van der Waals surface area (Å²) < 4.78 is 1.54. The van der Waals surface area contributed by atoms with Gasteiger partial charge in [-0.25, -0.2) is 9.97 Å². The van der Waals surface area contributed by atoms with E-state index in [0.29, 0.717) is 21.9 Å². The fourth-order valence-electron chi connectivity index (χ4n) is 3.54. The summed E-state index contributed by atoms with van der Waals surface area (Å²) in [5.74, 6) is 0.248. The molecule has 0 radical (unpaired) electrons. The van der Waals surface area contributed by atoms with E-state index in [4.69, 9.17) is 0 Å². The Balaban J connectivity index is 1.61. The van der Waals surface area contributed by atoms with E-state index < -0.39 is 0 Å². The number of hydrogen-bond donors (Lipinski definition) is 1. The lowest BCUT2D eigenvalue weighted by Crippen LogP contribution is -2.33. The molecule has 1 atom stereocenters. The van der Waals surface area contributed by atoms with E-state index in [1.54, 1.807) is 22.9 Å². The number of amides is 1. The van der Waals surface area contributed by atoms with Crippen LogP contribution in [0, 0.1) is 5.92 Å². The summed E-state index contributed by atoms with van der Waals surface area (Å²) in [5, 5.41) is 4.00. The summed E-state index contributed by atoms with van der Waals surface area (Å²) >= 11 is 1.23. The van der Waals surface area contributed by atoms with Gasteiger partial charge in [-0.05, 0) is 35.7 Å². The van der Waals surface area contributed by atoms with Crippen LogP contribution in [0.15, 0.2) is 88.9 Å². The third kappa shape index (κ3) is 4.73. The van der Waals surface area contributed by atoms with Crippen LogP contribution in [0.25, 0.3) is 16.7 Å². The smallest absolute Gasteiger partial charge is 0.268 e. The molecule has 32 heavy (non-hydrogen) atoms. The Bertz CT molecular complexity index is 1270. The maximum atomic E-state index is 13.2. The highest BCUT2D eigenvalue weighted by molar-refractivity contribution is 7.99. The van der Waals surface area contributed by atoms with Crippen molar-refractivity contribution in [3.8, 4) is 5.69 Å². The zero-order valence-corrected chi connectivity index (χ0v) is 18.8. The Hall–Kier alpha value is -3.45. The van der Waals surface area contributed by atoms with Crippen molar-refractivity contribution in [1.82, 2.24) is 19.9 Å². The van der Waals surface area contributed by atoms with Crippen LogP contribution in [0.5, 0.6) is 0 Å². The molecule has 1 N–H and O–H groups in total. The van der Waals surface area contributed by atoms with Gasteiger partial charge in [0.15, 0.2) is 10.8 Å². The van der Waals surface area contributed by atoms with Gasteiger partial charge in [0, 0.05) is 6.20 Å². The van der Waals surface area contributed by atoms with Gasteiger partial charge >= 0.3 is 0 Å². The molecule has 0 unspecified atom stereocenters. The number of benzene rings is 2. The Labute approximate surface area is 190 Å². The molecule has 0 aliphatic rings. The summed E-state index contributed by atoms with van der Waals surface area (Å²) in [6.07, 6.45) is 1.61. The topological polar surface area (TPSA) is 76.9 Å². The highest BCUT2D eigenvalue weighted by Crippen LogP contribution is 2.23. The highest BCUT2D eigenvalue weighted by Gasteiger charge is 2.20. The Kier molecular flexibility index (Phi) is 6.66. The van der Waals surface area contributed by atoms with E-state index in [1.165, 1.54) is 11.8 Å². The minimum atomic E-state index is -0.207. The molecule has 1 amide bonds. The quantitative estimate of drug-likeness (QED) is 0.338. The van der Waals surface area contributed by atoms with Crippen molar-refractivity contribution in [1.29, 1.82) is 0 Å². The maximum absolute atomic E-state index is 13.2. The van der Waals surface area contributed by atoms with E-state index >= 15 is 0 Å². The van der Waals surface area contributed by atoms with E-state index in [1.807, 2.05) is 60.7 Å². The number of carbonyl (C=O) groups is 1. The molecule has 0 aliphatic heterocycles. The second-order valence-corrected chi connectivity index (χ2v) is 8.68. The molecular formula is C25H24N4O2S. The van der Waals surface area contributed by atoms with Crippen LogP contribution in [0.1, 0.15) is 25.5 Å². The number of carbonyl (C=O) groups excluding carboxylic acids is 1. The number of pyridine rings is 1. The van der Waals surface area contributed by atoms with Crippen molar-refractivity contribution in [2.75, 3.05) is 5.75 Å². The van der Waals surface area contributed by atoms with Gasteiger partial charge in [0.1, 0.15) is 0 Å². The number of nitrogens with one attached hydrogen (secondary N) is 1. The first-order chi connectivity index (χ1) is 15.5. The summed E-state index contributed by atoms with van der Waals surface area (Å²) in [6.45, 7) is 4.16. The van der Waals surface area contributed by atoms with Gasteiger partial charge in [-0.15, -0.1) is 0 Å². The molecular weight excluding hydrogens is 420 g/mol. The van der Waals surface area contributed by atoms with Crippen molar-refractivity contribution in [2.24, 2.45) is 5.92 Å². The van der Waals surface area contributed by atoms with Crippen molar-refractivity contribution in [2.45, 2.75) is 25.0 Å². The average molecular weight is 445 g/mol. The first kappa shape index (κ1) is 21.8. The van der Waals surface area contributed by atoms with Crippen molar-refractivity contribution in [3.05, 3.63) is 94.9 Å². The van der Waals surface area contributed by atoms with E-state index in [-0.39, 0.29) is 29.2 Å². The fraction of sp³-hybridized carbons (Fsp3) is 0.200. The lowest BCUT2D eigenvalue weighted by Gasteiger charge is -2.23. The Morgan fingerprint density at radius 1 is 1.00 bits per heavy atom. The molecule has 2 aromatic carbocycles. The van der Waals surface area contributed by atoms with Gasteiger partial charge in [-0.3, -0.25) is 14.2 Å². The van der Waals surface area contributed by atoms with Crippen LogP contribution in [0.2, 0.25) is 0 Å². The SMILES string of the molecule is CC(C)[C@H](NC(=O)CSc1nc2ncccc2c(=O)n1-c1ccccc1)c1ccccc1. The number of nitrogens with zero attached hydrogens (tertiary/aromatic N) is 3. The fourth-order valence-corrected chi connectivity index (χ4v) is 4.35. The molecule has 0 saturated carbocycles. The van der Waals surface area contributed by atoms with Crippen molar-refractivity contribution < 1.29 is 4.79 Å². The predicted octanol–water partition coefficient (Wildman–Crippen LogP) is 4.39. The molecule has 6 nitrogen and oxygen atoms in total. The summed E-state index contributed by atoms with van der Waals surface area (Å²) in [6, 6.07) is 22.6. The van der Waals surface area contributed by atoms with E-state index in [0.717, 1.165) is 5.56 Å². The monoisotopic (exact) mass is 444 g/mol. The molecule has 2 heterocycles. The minimum Gasteiger partial charge on any atom is -0.348 e. The number of aromatic nitrogens is 3. The van der Waals surface area contributed by atoms with E-state index in [2.05, 4.69) is 29.1 Å².